The summed E-state index contributed by atoms with van der Waals surface area (Å²) >= 11 is 0. The van der Waals surface area contributed by atoms with Crippen LogP contribution in [0.3, 0.4) is 0 Å². The van der Waals surface area contributed by atoms with Crippen molar-refractivity contribution in [3.63, 3.8) is 0 Å². The summed E-state index contributed by atoms with van der Waals surface area (Å²) in [5.41, 5.74) is -0.654. The van der Waals surface area contributed by atoms with Crippen LogP contribution < -0.4 is 5.56 Å². The Labute approximate surface area is 166 Å². The minimum absolute atomic E-state index is 0.0858. The maximum atomic E-state index is 13.2. The zero-order valence-electron chi connectivity index (χ0n) is 15.9. The van der Waals surface area contributed by atoms with Crippen LogP contribution in [-0.4, -0.2) is 33.4 Å². The van der Waals surface area contributed by atoms with Gasteiger partial charge in [0.25, 0.3) is 12.0 Å². The number of aromatic nitrogens is 2. The van der Waals surface area contributed by atoms with Crippen molar-refractivity contribution in [2.24, 2.45) is 5.92 Å². The molecular formula is C21H22F3N3O2. The van der Waals surface area contributed by atoms with E-state index in [0.29, 0.717) is 19.6 Å². The molecule has 0 radical (unpaired) electrons. The SMILES string of the molecule is O=C(N1CCC(Cn2cnc(C(F)F)cc2=O)CC1)C1(c2ccc(F)cc2)CC1. The molecule has 29 heavy (non-hydrogen) atoms. The smallest absolute Gasteiger partial charge is 0.280 e. The summed E-state index contributed by atoms with van der Waals surface area (Å²) in [6.07, 6.45) is 1.42. The van der Waals surface area contributed by atoms with Crippen LogP contribution in [0.15, 0.2) is 41.5 Å². The lowest BCUT2D eigenvalue weighted by atomic mass is 9.91. The molecule has 2 heterocycles. The van der Waals surface area contributed by atoms with Gasteiger partial charge in [0.15, 0.2) is 0 Å². The van der Waals surface area contributed by atoms with E-state index >= 15 is 0 Å². The molecule has 1 aromatic heterocycles. The Morgan fingerprint density at radius 2 is 1.83 bits per heavy atom. The Morgan fingerprint density at radius 3 is 2.38 bits per heavy atom. The van der Waals surface area contributed by atoms with Gasteiger partial charge in [0.2, 0.25) is 5.91 Å². The van der Waals surface area contributed by atoms with Crippen molar-refractivity contribution >= 4 is 5.91 Å². The maximum Gasteiger partial charge on any atom is 0.280 e. The molecule has 1 amide bonds. The molecule has 2 fully saturated rings. The number of rotatable bonds is 5. The lowest BCUT2D eigenvalue weighted by molar-refractivity contribution is -0.135. The zero-order chi connectivity index (χ0) is 20.6. The number of piperidine rings is 1. The van der Waals surface area contributed by atoms with Crippen molar-refractivity contribution in [3.05, 3.63) is 64.1 Å². The minimum Gasteiger partial charge on any atom is -0.342 e. The van der Waals surface area contributed by atoms with Crippen LogP contribution in [0.1, 0.15) is 43.4 Å². The second-order valence-electron chi connectivity index (χ2n) is 7.93. The number of hydrogen-bond donors (Lipinski definition) is 0. The Kier molecular flexibility index (Phi) is 5.19. The highest BCUT2D eigenvalue weighted by Crippen LogP contribution is 2.50. The van der Waals surface area contributed by atoms with Gasteiger partial charge in [-0.2, -0.15) is 0 Å². The van der Waals surface area contributed by atoms with Crippen molar-refractivity contribution in [1.82, 2.24) is 14.5 Å². The number of likely N-dealkylation sites (tertiary alicyclic amines) is 1. The average molecular weight is 405 g/mol. The molecule has 0 bridgehead atoms. The molecule has 1 saturated carbocycles. The molecule has 0 unspecified atom stereocenters. The molecular weight excluding hydrogens is 383 g/mol. The lowest BCUT2D eigenvalue weighted by Gasteiger charge is -2.34. The summed E-state index contributed by atoms with van der Waals surface area (Å²) in [5, 5.41) is 0. The first-order valence-electron chi connectivity index (χ1n) is 9.79. The van der Waals surface area contributed by atoms with E-state index < -0.39 is 23.1 Å². The second kappa shape index (κ2) is 7.65. The van der Waals surface area contributed by atoms with Gasteiger partial charge in [0.05, 0.1) is 11.7 Å². The van der Waals surface area contributed by atoms with E-state index in [9.17, 15) is 22.8 Å². The summed E-state index contributed by atoms with van der Waals surface area (Å²) in [4.78, 5) is 30.6. The quantitative estimate of drug-likeness (QED) is 0.767. The molecule has 0 atom stereocenters. The monoisotopic (exact) mass is 405 g/mol. The van der Waals surface area contributed by atoms with E-state index in [1.165, 1.54) is 23.0 Å². The number of carbonyl (C=O) groups excluding carboxylic acids is 1. The van der Waals surface area contributed by atoms with E-state index in [2.05, 4.69) is 4.98 Å². The maximum absolute atomic E-state index is 13.2. The minimum atomic E-state index is -2.76. The van der Waals surface area contributed by atoms with Gasteiger partial charge in [-0.3, -0.25) is 14.2 Å². The topological polar surface area (TPSA) is 55.2 Å². The van der Waals surface area contributed by atoms with Gasteiger partial charge in [-0.05, 0) is 49.3 Å². The largest absolute Gasteiger partial charge is 0.342 e. The fourth-order valence-electron chi connectivity index (χ4n) is 4.12. The van der Waals surface area contributed by atoms with Crippen molar-refractivity contribution in [1.29, 1.82) is 0 Å². The highest BCUT2D eigenvalue weighted by atomic mass is 19.3. The zero-order valence-corrected chi connectivity index (χ0v) is 15.9. The van der Waals surface area contributed by atoms with Crippen LogP contribution >= 0.6 is 0 Å². The Morgan fingerprint density at radius 1 is 1.17 bits per heavy atom. The number of hydrogen-bond acceptors (Lipinski definition) is 3. The first-order valence-corrected chi connectivity index (χ1v) is 9.79. The fraction of sp³-hybridized carbons (Fsp3) is 0.476. The number of benzene rings is 1. The standard InChI is InChI=1S/C21H22F3N3O2/c22-16-3-1-15(2-4-16)21(7-8-21)20(29)26-9-5-14(6-10-26)12-27-13-25-17(19(23)24)11-18(27)28/h1-4,11,13-14,19H,5-10,12H2. The first-order chi connectivity index (χ1) is 13.9. The highest BCUT2D eigenvalue weighted by Gasteiger charge is 2.53. The molecule has 0 N–H and O–H groups in total. The second-order valence-corrected chi connectivity index (χ2v) is 7.93. The highest BCUT2D eigenvalue weighted by molar-refractivity contribution is 5.91. The van der Waals surface area contributed by atoms with E-state index in [1.807, 2.05) is 4.90 Å². The van der Waals surface area contributed by atoms with Crippen molar-refractivity contribution in [3.8, 4) is 0 Å². The number of carbonyl (C=O) groups is 1. The van der Waals surface area contributed by atoms with Gasteiger partial charge < -0.3 is 4.90 Å². The predicted molar refractivity (Wildman–Crippen MR) is 100 cm³/mol. The number of halogens is 3. The number of nitrogens with zero attached hydrogens (tertiary/aromatic N) is 3. The summed E-state index contributed by atoms with van der Waals surface area (Å²) < 4.78 is 39.8. The van der Waals surface area contributed by atoms with Crippen LogP contribution in [0.2, 0.25) is 0 Å². The van der Waals surface area contributed by atoms with E-state index in [4.69, 9.17) is 0 Å². The summed E-state index contributed by atoms with van der Waals surface area (Å²) in [7, 11) is 0. The summed E-state index contributed by atoms with van der Waals surface area (Å²) in [6, 6.07) is 7.04. The molecule has 1 aromatic carbocycles. The molecule has 1 saturated heterocycles. The molecule has 1 aliphatic carbocycles. The number of amides is 1. The van der Waals surface area contributed by atoms with Crippen LogP contribution in [0, 0.1) is 11.7 Å². The normalized spacial score (nSPS) is 18.8. The Bertz CT molecular complexity index is 946. The molecule has 5 nitrogen and oxygen atoms in total. The van der Waals surface area contributed by atoms with Gasteiger partial charge in [0, 0.05) is 25.7 Å². The van der Waals surface area contributed by atoms with E-state index in [-0.39, 0.29) is 17.6 Å². The molecule has 8 heteroatoms. The molecule has 154 valence electrons. The van der Waals surface area contributed by atoms with Crippen LogP contribution in [0.4, 0.5) is 13.2 Å². The predicted octanol–water partition coefficient (Wildman–Crippen LogP) is 3.29. The van der Waals surface area contributed by atoms with Gasteiger partial charge in [-0.1, -0.05) is 12.1 Å². The third kappa shape index (κ3) is 3.93. The van der Waals surface area contributed by atoms with Crippen molar-refractivity contribution < 1.29 is 18.0 Å². The molecule has 2 aliphatic rings. The third-order valence-electron chi connectivity index (χ3n) is 6.04. The molecule has 1 aliphatic heterocycles. The van der Waals surface area contributed by atoms with Gasteiger partial charge >= 0.3 is 0 Å². The lowest BCUT2D eigenvalue weighted by Crippen LogP contribution is -2.44. The van der Waals surface area contributed by atoms with Crippen molar-refractivity contribution in [2.75, 3.05) is 13.1 Å². The Balaban J connectivity index is 1.37. The van der Waals surface area contributed by atoms with Crippen LogP contribution in [-0.2, 0) is 16.8 Å². The molecule has 0 spiro atoms. The summed E-state index contributed by atoms with van der Waals surface area (Å²) in [5.74, 6) is -0.0521. The van der Waals surface area contributed by atoms with Crippen molar-refractivity contribution in [2.45, 2.75) is 44.1 Å². The van der Waals surface area contributed by atoms with E-state index in [1.54, 1.807) is 12.1 Å². The molecule has 4 rings (SSSR count). The number of alkyl halides is 2. The van der Waals surface area contributed by atoms with Gasteiger partial charge in [-0.25, -0.2) is 18.2 Å². The Hall–Kier alpha value is -2.64. The average Bonchev–Trinajstić information content (AvgIpc) is 3.52. The third-order valence-corrected chi connectivity index (χ3v) is 6.04. The first kappa shape index (κ1) is 19.7. The van der Waals surface area contributed by atoms with Crippen LogP contribution in [0.5, 0.6) is 0 Å². The van der Waals surface area contributed by atoms with E-state index in [0.717, 1.165) is 37.3 Å². The van der Waals surface area contributed by atoms with Gasteiger partial charge in [-0.15, -0.1) is 0 Å². The molecule has 2 aromatic rings. The van der Waals surface area contributed by atoms with Gasteiger partial charge in [0.1, 0.15) is 11.5 Å². The van der Waals surface area contributed by atoms with Crippen LogP contribution in [0.25, 0.3) is 0 Å². The fourth-order valence-corrected chi connectivity index (χ4v) is 4.12. The summed E-state index contributed by atoms with van der Waals surface area (Å²) in [6.45, 7) is 1.58.